The molecule has 0 bridgehead atoms. The van der Waals surface area contributed by atoms with E-state index in [4.69, 9.17) is 13.7 Å². The van der Waals surface area contributed by atoms with Crippen LogP contribution >= 0.6 is 0 Å². The van der Waals surface area contributed by atoms with Gasteiger partial charge in [-0.25, -0.2) is 9.18 Å². The van der Waals surface area contributed by atoms with Crippen molar-refractivity contribution in [1.29, 1.82) is 0 Å². The molecule has 0 unspecified atom stereocenters. The number of carbonyl (C=O) groups is 1. The zero-order chi connectivity index (χ0) is 21.1. The summed E-state index contributed by atoms with van der Waals surface area (Å²) in [6.07, 6.45) is 2.72. The number of carbonyl (C=O) groups excluding carboxylic acids is 1. The predicted octanol–water partition coefficient (Wildman–Crippen LogP) is 3.88. The second-order valence-corrected chi connectivity index (χ2v) is 7.55. The summed E-state index contributed by atoms with van der Waals surface area (Å²) < 4.78 is 53.7. The summed E-state index contributed by atoms with van der Waals surface area (Å²) >= 11 is 0. The van der Waals surface area contributed by atoms with E-state index in [9.17, 15) is 17.6 Å². The first-order valence-electron chi connectivity index (χ1n) is 9.10. The molecule has 0 aliphatic rings. The Morgan fingerprint density at radius 2 is 1.79 bits per heavy atom. The van der Waals surface area contributed by atoms with Crippen LogP contribution in [-0.2, 0) is 23.8 Å². The van der Waals surface area contributed by atoms with Crippen molar-refractivity contribution >= 4 is 16.1 Å². The third kappa shape index (κ3) is 8.05. The molecule has 0 fully saturated rings. The Morgan fingerprint density at radius 1 is 1.10 bits per heavy atom. The molecule has 0 aliphatic heterocycles. The van der Waals surface area contributed by atoms with Gasteiger partial charge < -0.3 is 9.47 Å². The van der Waals surface area contributed by atoms with Gasteiger partial charge in [0.15, 0.2) is 0 Å². The summed E-state index contributed by atoms with van der Waals surface area (Å²) in [6, 6.07) is 13.2. The number of esters is 1. The van der Waals surface area contributed by atoms with Crippen molar-refractivity contribution in [2.75, 3.05) is 13.2 Å². The molecule has 0 amide bonds. The van der Waals surface area contributed by atoms with Crippen molar-refractivity contribution in [2.45, 2.75) is 30.8 Å². The standard InChI is InChI=1S/C21H23FO6S/c1-2-26-21(23)11-7-6-8-19(16-27-18-14-12-17(22)13-15-18)28-29(24,25)20-9-4-3-5-10-20/h3-5,7,9-15,19H,2,6,8,16H2,1H3/t19-/m1/s1. The van der Waals surface area contributed by atoms with Crippen LogP contribution in [0.3, 0.4) is 0 Å². The minimum absolute atomic E-state index is 0.0360. The quantitative estimate of drug-likeness (QED) is 0.311. The molecule has 0 aliphatic carbocycles. The third-order valence-electron chi connectivity index (χ3n) is 3.74. The first-order chi connectivity index (χ1) is 13.9. The minimum atomic E-state index is -3.99. The highest BCUT2D eigenvalue weighted by molar-refractivity contribution is 7.86. The molecular weight excluding hydrogens is 399 g/mol. The summed E-state index contributed by atoms with van der Waals surface area (Å²) in [4.78, 5) is 11.4. The highest BCUT2D eigenvalue weighted by Crippen LogP contribution is 2.18. The topological polar surface area (TPSA) is 78.9 Å². The van der Waals surface area contributed by atoms with E-state index in [-0.39, 0.29) is 24.5 Å². The molecular formula is C21H23FO6S. The third-order valence-corrected chi connectivity index (χ3v) is 5.12. The Bertz CT molecular complexity index is 895. The van der Waals surface area contributed by atoms with E-state index < -0.39 is 28.0 Å². The molecule has 2 rings (SSSR count). The highest BCUT2D eigenvalue weighted by Gasteiger charge is 2.22. The lowest BCUT2D eigenvalue weighted by atomic mass is 10.2. The average molecular weight is 422 g/mol. The lowest BCUT2D eigenvalue weighted by molar-refractivity contribution is -0.137. The molecule has 0 N–H and O–H groups in total. The number of ether oxygens (including phenoxy) is 2. The molecule has 0 heterocycles. The minimum Gasteiger partial charge on any atom is -0.491 e. The number of allylic oxidation sites excluding steroid dienone is 1. The van der Waals surface area contributed by atoms with Crippen LogP contribution < -0.4 is 4.74 Å². The fourth-order valence-corrected chi connectivity index (χ4v) is 3.46. The first-order valence-corrected chi connectivity index (χ1v) is 10.5. The number of hydrogen-bond donors (Lipinski definition) is 0. The Hall–Kier alpha value is -2.71. The van der Waals surface area contributed by atoms with Crippen molar-refractivity contribution in [1.82, 2.24) is 0 Å². The summed E-state index contributed by atoms with van der Waals surface area (Å²) in [6.45, 7) is 1.91. The normalized spacial score (nSPS) is 12.6. The van der Waals surface area contributed by atoms with Gasteiger partial charge in [-0.1, -0.05) is 24.3 Å². The summed E-state index contributed by atoms with van der Waals surface area (Å²) in [5.41, 5.74) is 0. The van der Waals surface area contributed by atoms with Gasteiger partial charge >= 0.3 is 5.97 Å². The predicted molar refractivity (Wildman–Crippen MR) is 105 cm³/mol. The van der Waals surface area contributed by atoms with Gasteiger partial charge in [0.1, 0.15) is 24.3 Å². The Balaban J connectivity index is 2.03. The van der Waals surface area contributed by atoms with E-state index in [1.54, 1.807) is 31.2 Å². The van der Waals surface area contributed by atoms with Crippen LogP contribution in [-0.4, -0.2) is 33.7 Å². The van der Waals surface area contributed by atoms with Crippen molar-refractivity contribution in [2.24, 2.45) is 0 Å². The van der Waals surface area contributed by atoms with Crippen molar-refractivity contribution in [3.8, 4) is 5.75 Å². The molecule has 0 spiro atoms. The van der Waals surface area contributed by atoms with Crippen LogP contribution in [0.2, 0.25) is 0 Å². The average Bonchev–Trinajstić information content (AvgIpc) is 2.71. The van der Waals surface area contributed by atoms with Crippen molar-refractivity contribution < 1.29 is 31.3 Å². The molecule has 2 aromatic rings. The fraction of sp³-hybridized carbons (Fsp3) is 0.286. The fourth-order valence-electron chi connectivity index (χ4n) is 2.35. The van der Waals surface area contributed by atoms with Crippen molar-refractivity contribution in [3.05, 3.63) is 72.6 Å². The van der Waals surface area contributed by atoms with Crippen LogP contribution in [0, 0.1) is 5.82 Å². The molecule has 8 heteroatoms. The SMILES string of the molecule is CCOC(=O)C=CCC[C@H](COc1ccc(F)cc1)OS(=O)(=O)c1ccccc1. The lowest BCUT2D eigenvalue weighted by Crippen LogP contribution is -2.25. The molecule has 0 saturated heterocycles. The van der Waals surface area contributed by atoms with E-state index >= 15 is 0 Å². The maximum atomic E-state index is 13.0. The molecule has 0 radical (unpaired) electrons. The van der Waals surface area contributed by atoms with Gasteiger partial charge in [-0.2, -0.15) is 8.42 Å². The van der Waals surface area contributed by atoms with Gasteiger partial charge in [0.05, 0.1) is 11.5 Å². The van der Waals surface area contributed by atoms with Crippen LogP contribution in [0.15, 0.2) is 71.6 Å². The van der Waals surface area contributed by atoms with Crippen LogP contribution in [0.5, 0.6) is 5.75 Å². The van der Waals surface area contributed by atoms with E-state index in [0.29, 0.717) is 12.2 Å². The number of hydrogen-bond acceptors (Lipinski definition) is 6. The molecule has 2 aromatic carbocycles. The smallest absolute Gasteiger partial charge is 0.330 e. The Labute approximate surface area is 170 Å². The van der Waals surface area contributed by atoms with E-state index in [1.807, 2.05) is 0 Å². The van der Waals surface area contributed by atoms with Gasteiger partial charge in [0.2, 0.25) is 0 Å². The van der Waals surface area contributed by atoms with Crippen LogP contribution in [0.1, 0.15) is 19.8 Å². The summed E-state index contributed by atoms with van der Waals surface area (Å²) in [5, 5.41) is 0. The van der Waals surface area contributed by atoms with E-state index in [2.05, 4.69) is 0 Å². The second-order valence-electron chi connectivity index (χ2n) is 5.98. The highest BCUT2D eigenvalue weighted by atomic mass is 32.2. The largest absolute Gasteiger partial charge is 0.491 e. The lowest BCUT2D eigenvalue weighted by Gasteiger charge is -2.18. The zero-order valence-electron chi connectivity index (χ0n) is 16.0. The number of rotatable bonds is 11. The maximum absolute atomic E-state index is 13.0. The molecule has 6 nitrogen and oxygen atoms in total. The first kappa shape index (κ1) is 22.6. The maximum Gasteiger partial charge on any atom is 0.330 e. The van der Waals surface area contributed by atoms with Gasteiger partial charge in [0, 0.05) is 6.08 Å². The van der Waals surface area contributed by atoms with Crippen LogP contribution in [0.4, 0.5) is 4.39 Å². The second kappa shape index (κ2) is 11.3. The Morgan fingerprint density at radius 3 is 2.45 bits per heavy atom. The number of benzene rings is 2. The molecule has 0 saturated carbocycles. The zero-order valence-corrected chi connectivity index (χ0v) is 16.8. The van der Waals surface area contributed by atoms with Gasteiger partial charge in [-0.3, -0.25) is 4.18 Å². The Kier molecular flexibility index (Phi) is 8.82. The van der Waals surface area contributed by atoms with E-state index in [1.165, 1.54) is 42.5 Å². The molecule has 156 valence electrons. The molecule has 1 atom stereocenters. The summed E-state index contributed by atoms with van der Waals surface area (Å²) in [5.74, 6) is -0.482. The van der Waals surface area contributed by atoms with Crippen LogP contribution in [0.25, 0.3) is 0 Å². The molecule has 0 aromatic heterocycles. The van der Waals surface area contributed by atoms with Gasteiger partial charge in [-0.15, -0.1) is 0 Å². The number of halogens is 1. The van der Waals surface area contributed by atoms with Gasteiger partial charge in [-0.05, 0) is 56.2 Å². The molecule has 29 heavy (non-hydrogen) atoms. The van der Waals surface area contributed by atoms with E-state index in [0.717, 1.165) is 0 Å². The monoisotopic (exact) mass is 422 g/mol. The summed E-state index contributed by atoms with van der Waals surface area (Å²) in [7, 11) is -3.99. The van der Waals surface area contributed by atoms with Gasteiger partial charge in [0.25, 0.3) is 10.1 Å². The van der Waals surface area contributed by atoms with Crippen molar-refractivity contribution in [3.63, 3.8) is 0 Å².